The zero-order chi connectivity index (χ0) is 13.8. The Labute approximate surface area is 119 Å². The van der Waals surface area contributed by atoms with Gasteiger partial charge in [0.2, 0.25) is 0 Å². The molecule has 0 saturated carbocycles. The van der Waals surface area contributed by atoms with E-state index >= 15 is 0 Å². The van der Waals surface area contributed by atoms with Crippen LogP contribution in [0.25, 0.3) is 0 Å². The van der Waals surface area contributed by atoms with Gasteiger partial charge in [-0.1, -0.05) is 35.0 Å². The maximum absolute atomic E-state index is 13.2. The van der Waals surface area contributed by atoms with Crippen LogP contribution in [0.15, 0.2) is 46.9 Å². The van der Waals surface area contributed by atoms with E-state index in [1.54, 1.807) is 6.07 Å². The first-order chi connectivity index (χ1) is 9.10. The lowest BCUT2D eigenvalue weighted by Crippen LogP contribution is -2.09. The maximum atomic E-state index is 13.2. The minimum atomic E-state index is -0.837. The maximum Gasteiger partial charge on any atom is 0.160 e. The molecule has 0 fully saturated rings. The lowest BCUT2D eigenvalue weighted by atomic mass is 10.0. The third-order valence-corrected chi connectivity index (χ3v) is 3.47. The number of benzene rings is 2. The lowest BCUT2D eigenvalue weighted by Gasteiger charge is -2.19. The predicted molar refractivity (Wildman–Crippen MR) is 77.2 cm³/mol. The van der Waals surface area contributed by atoms with Crippen molar-refractivity contribution in [2.24, 2.45) is 0 Å². The Hall–Kier alpha value is -1.42. The van der Waals surface area contributed by atoms with Crippen molar-refractivity contribution >= 4 is 21.6 Å². The smallest absolute Gasteiger partial charge is 0.160 e. The SMILES string of the molecule is CCC(Nc1ccc(F)c(F)c1)c1ccc(Br)cc1. The van der Waals surface area contributed by atoms with Crippen molar-refractivity contribution in [2.75, 3.05) is 5.32 Å². The molecule has 0 aliphatic heterocycles. The first-order valence-electron chi connectivity index (χ1n) is 6.07. The van der Waals surface area contributed by atoms with Gasteiger partial charge in [-0.3, -0.25) is 0 Å². The summed E-state index contributed by atoms with van der Waals surface area (Å²) < 4.78 is 27.1. The first-order valence-corrected chi connectivity index (χ1v) is 6.86. The molecule has 4 heteroatoms. The molecule has 2 aromatic rings. The molecule has 0 aromatic heterocycles. The highest BCUT2D eigenvalue weighted by atomic mass is 79.9. The average molecular weight is 326 g/mol. The standard InChI is InChI=1S/C15H14BrF2N/c1-2-15(10-3-5-11(16)6-4-10)19-12-7-8-13(17)14(18)9-12/h3-9,15,19H,2H2,1H3. The van der Waals surface area contributed by atoms with E-state index in [1.807, 2.05) is 31.2 Å². The van der Waals surface area contributed by atoms with Crippen molar-refractivity contribution in [3.63, 3.8) is 0 Å². The molecule has 0 spiro atoms. The summed E-state index contributed by atoms with van der Waals surface area (Å²) in [6.45, 7) is 2.04. The third-order valence-electron chi connectivity index (χ3n) is 2.94. The molecule has 100 valence electrons. The molecule has 0 radical (unpaired) electrons. The average Bonchev–Trinajstić information content (AvgIpc) is 2.41. The second kappa shape index (κ2) is 6.15. The van der Waals surface area contributed by atoms with E-state index in [9.17, 15) is 8.78 Å². The highest BCUT2D eigenvalue weighted by molar-refractivity contribution is 9.10. The molecular formula is C15H14BrF2N. The number of anilines is 1. The van der Waals surface area contributed by atoms with E-state index in [0.717, 1.165) is 22.5 Å². The van der Waals surface area contributed by atoms with Crippen molar-refractivity contribution in [3.05, 3.63) is 64.1 Å². The van der Waals surface area contributed by atoms with E-state index in [-0.39, 0.29) is 6.04 Å². The van der Waals surface area contributed by atoms with Crippen LogP contribution in [0.3, 0.4) is 0 Å². The monoisotopic (exact) mass is 325 g/mol. The minimum absolute atomic E-state index is 0.0676. The summed E-state index contributed by atoms with van der Waals surface area (Å²) in [7, 11) is 0. The van der Waals surface area contributed by atoms with Gasteiger partial charge in [0, 0.05) is 16.2 Å². The van der Waals surface area contributed by atoms with Gasteiger partial charge in [0.15, 0.2) is 11.6 Å². The van der Waals surface area contributed by atoms with Crippen molar-refractivity contribution < 1.29 is 8.78 Å². The lowest BCUT2D eigenvalue weighted by molar-refractivity contribution is 0.509. The molecule has 1 nitrogen and oxygen atoms in total. The topological polar surface area (TPSA) is 12.0 Å². The van der Waals surface area contributed by atoms with Crippen molar-refractivity contribution in [3.8, 4) is 0 Å². The Bertz CT molecular complexity index is 555. The van der Waals surface area contributed by atoms with Gasteiger partial charge in [0.25, 0.3) is 0 Å². The Balaban J connectivity index is 2.18. The summed E-state index contributed by atoms with van der Waals surface area (Å²) in [5.41, 5.74) is 1.68. The van der Waals surface area contributed by atoms with Crippen LogP contribution in [0.5, 0.6) is 0 Å². The van der Waals surface area contributed by atoms with Gasteiger partial charge in [0.1, 0.15) is 0 Å². The zero-order valence-corrected chi connectivity index (χ0v) is 12.0. The van der Waals surface area contributed by atoms with E-state index in [0.29, 0.717) is 5.69 Å². The molecule has 2 rings (SSSR count). The molecule has 1 atom stereocenters. The second-order valence-electron chi connectivity index (χ2n) is 4.29. The van der Waals surface area contributed by atoms with Crippen LogP contribution in [0.2, 0.25) is 0 Å². The fraction of sp³-hybridized carbons (Fsp3) is 0.200. The Morgan fingerprint density at radius 2 is 1.74 bits per heavy atom. The summed E-state index contributed by atoms with van der Waals surface area (Å²) in [5.74, 6) is -1.67. The molecular weight excluding hydrogens is 312 g/mol. The molecule has 1 unspecified atom stereocenters. The van der Waals surface area contributed by atoms with E-state index < -0.39 is 11.6 Å². The van der Waals surface area contributed by atoms with Crippen LogP contribution in [-0.2, 0) is 0 Å². The Kier molecular flexibility index (Phi) is 4.53. The van der Waals surface area contributed by atoms with Crippen LogP contribution in [0, 0.1) is 11.6 Å². The summed E-state index contributed by atoms with van der Waals surface area (Å²) in [5, 5.41) is 3.21. The summed E-state index contributed by atoms with van der Waals surface area (Å²) in [6, 6.07) is 11.9. The Morgan fingerprint density at radius 3 is 2.32 bits per heavy atom. The van der Waals surface area contributed by atoms with E-state index in [4.69, 9.17) is 0 Å². The number of nitrogens with one attached hydrogen (secondary N) is 1. The predicted octanol–water partition coefficient (Wildman–Crippen LogP) is 5.29. The molecule has 0 aliphatic carbocycles. The van der Waals surface area contributed by atoms with Crippen molar-refractivity contribution in [1.82, 2.24) is 0 Å². The molecule has 0 saturated heterocycles. The van der Waals surface area contributed by atoms with Gasteiger partial charge in [-0.15, -0.1) is 0 Å². The van der Waals surface area contributed by atoms with Gasteiger partial charge in [-0.2, -0.15) is 0 Å². The molecule has 0 heterocycles. The quantitative estimate of drug-likeness (QED) is 0.805. The van der Waals surface area contributed by atoms with Crippen LogP contribution >= 0.6 is 15.9 Å². The van der Waals surface area contributed by atoms with E-state index in [2.05, 4.69) is 21.2 Å². The van der Waals surface area contributed by atoms with Gasteiger partial charge in [0.05, 0.1) is 6.04 Å². The molecule has 2 aromatic carbocycles. The highest BCUT2D eigenvalue weighted by Crippen LogP contribution is 2.24. The van der Waals surface area contributed by atoms with Crippen LogP contribution < -0.4 is 5.32 Å². The normalized spacial score (nSPS) is 12.2. The highest BCUT2D eigenvalue weighted by Gasteiger charge is 2.10. The van der Waals surface area contributed by atoms with Gasteiger partial charge in [-0.25, -0.2) is 8.78 Å². The van der Waals surface area contributed by atoms with Gasteiger partial charge in [-0.05, 0) is 36.2 Å². The van der Waals surface area contributed by atoms with E-state index in [1.165, 1.54) is 6.07 Å². The summed E-state index contributed by atoms with van der Waals surface area (Å²) in [6.07, 6.45) is 0.848. The number of hydrogen-bond donors (Lipinski definition) is 1. The van der Waals surface area contributed by atoms with Crippen LogP contribution in [0.4, 0.5) is 14.5 Å². The largest absolute Gasteiger partial charge is 0.378 e. The molecule has 1 N–H and O–H groups in total. The molecule has 0 amide bonds. The van der Waals surface area contributed by atoms with Crippen molar-refractivity contribution in [2.45, 2.75) is 19.4 Å². The third kappa shape index (κ3) is 3.53. The number of hydrogen-bond acceptors (Lipinski definition) is 1. The molecule has 0 bridgehead atoms. The summed E-state index contributed by atoms with van der Waals surface area (Å²) >= 11 is 3.39. The van der Waals surface area contributed by atoms with Crippen molar-refractivity contribution in [1.29, 1.82) is 0 Å². The molecule has 19 heavy (non-hydrogen) atoms. The second-order valence-corrected chi connectivity index (χ2v) is 5.20. The van der Waals surface area contributed by atoms with Gasteiger partial charge >= 0.3 is 0 Å². The Morgan fingerprint density at radius 1 is 1.05 bits per heavy atom. The minimum Gasteiger partial charge on any atom is -0.378 e. The first kappa shape index (κ1) is 14.0. The molecule has 0 aliphatic rings. The van der Waals surface area contributed by atoms with Crippen LogP contribution in [0.1, 0.15) is 24.9 Å². The fourth-order valence-corrected chi connectivity index (χ4v) is 2.17. The van der Waals surface area contributed by atoms with Gasteiger partial charge < -0.3 is 5.32 Å². The number of halogens is 3. The summed E-state index contributed by atoms with van der Waals surface area (Å²) in [4.78, 5) is 0. The number of rotatable bonds is 4. The fourth-order valence-electron chi connectivity index (χ4n) is 1.90. The van der Waals surface area contributed by atoms with Crippen LogP contribution in [-0.4, -0.2) is 0 Å². The zero-order valence-electron chi connectivity index (χ0n) is 10.5.